The van der Waals surface area contributed by atoms with E-state index >= 15 is 0 Å². The predicted molar refractivity (Wildman–Crippen MR) is 113 cm³/mol. The number of nitrogens with zero attached hydrogens (tertiary/aromatic N) is 3. The fourth-order valence-corrected chi connectivity index (χ4v) is 3.14. The summed E-state index contributed by atoms with van der Waals surface area (Å²) in [6.07, 6.45) is 0. The number of pyridine rings is 1. The standard InChI is InChI=1S/C20H15N5O5/c1-30-18-4-2-3-16-19(23-22-12-5-7-13(8-6-12)24(26)27)15-10-9-14(25(28)29)11-17(15)21-20(16)18/h2-11,22H,1H3,(H,21,23). The number of nitro groups is 2. The summed E-state index contributed by atoms with van der Waals surface area (Å²) < 4.78 is 5.40. The topological polar surface area (TPSA) is 132 Å². The van der Waals surface area contributed by atoms with Crippen molar-refractivity contribution in [1.29, 1.82) is 0 Å². The van der Waals surface area contributed by atoms with Crippen molar-refractivity contribution in [2.24, 2.45) is 0 Å². The van der Waals surface area contributed by atoms with Crippen molar-refractivity contribution in [3.8, 4) is 5.75 Å². The molecule has 0 unspecified atom stereocenters. The Morgan fingerprint density at radius 1 is 0.867 bits per heavy atom. The zero-order chi connectivity index (χ0) is 21.3. The molecule has 1 aromatic heterocycles. The number of rotatable bonds is 6. The summed E-state index contributed by atoms with van der Waals surface area (Å²) in [5.41, 5.74) is 8.24. The van der Waals surface area contributed by atoms with Crippen LogP contribution in [0.4, 0.5) is 22.7 Å². The van der Waals surface area contributed by atoms with Crippen molar-refractivity contribution in [2.75, 3.05) is 18.0 Å². The summed E-state index contributed by atoms with van der Waals surface area (Å²) >= 11 is 0. The zero-order valence-electron chi connectivity index (χ0n) is 15.7. The first-order valence-electron chi connectivity index (χ1n) is 8.79. The van der Waals surface area contributed by atoms with E-state index in [9.17, 15) is 20.2 Å². The van der Waals surface area contributed by atoms with E-state index in [1.807, 2.05) is 12.1 Å². The second-order valence-corrected chi connectivity index (χ2v) is 6.36. The molecule has 10 heteroatoms. The van der Waals surface area contributed by atoms with Crippen molar-refractivity contribution >= 4 is 44.6 Å². The Balaban J connectivity index is 1.82. The van der Waals surface area contributed by atoms with E-state index in [2.05, 4.69) is 15.8 Å². The van der Waals surface area contributed by atoms with E-state index < -0.39 is 9.85 Å². The van der Waals surface area contributed by atoms with Crippen LogP contribution in [0, 0.1) is 20.2 Å². The predicted octanol–water partition coefficient (Wildman–Crippen LogP) is 4.65. The van der Waals surface area contributed by atoms with Gasteiger partial charge < -0.3 is 10.2 Å². The Hall–Kier alpha value is -4.47. The first kappa shape index (κ1) is 18.9. The Kier molecular flexibility index (Phi) is 4.72. The van der Waals surface area contributed by atoms with Crippen molar-refractivity contribution in [1.82, 2.24) is 4.98 Å². The van der Waals surface area contributed by atoms with E-state index in [4.69, 9.17) is 4.74 Å². The van der Waals surface area contributed by atoms with Gasteiger partial charge in [-0.25, -0.2) is 4.98 Å². The van der Waals surface area contributed by atoms with Crippen LogP contribution >= 0.6 is 0 Å². The summed E-state index contributed by atoms with van der Waals surface area (Å²) in [6, 6.07) is 15.8. The van der Waals surface area contributed by atoms with Crippen LogP contribution in [-0.4, -0.2) is 21.9 Å². The average molecular weight is 405 g/mol. The maximum Gasteiger partial charge on any atom is 0.271 e. The van der Waals surface area contributed by atoms with Crippen molar-refractivity contribution < 1.29 is 14.6 Å². The van der Waals surface area contributed by atoms with Crippen molar-refractivity contribution in [2.45, 2.75) is 0 Å². The number of para-hydroxylation sites is 1. The van der Waals surface area contributed by atoms with Gasteiger partial charge >= 0.3 is 0 Å². The second-order valence-electron chi connectivity index (χ2n) is 6.36. The number of non-ortho nitro benzene ring substituents is 2. The van der Waals surface area contributed by atoms with E-state index in [1.54, 1.807) is 24.3 Å². The van der Waals surface area contributed by atoms with Crippen LogP contribution in [0.3, 0.4) is 0 Å². The molecule has 3 aromatic carbocycles. The van der Waals surface area contributed by atoms with E-state index in [-0.39, 0.29) is 11.4 Å². The number of hydrogen-bond donors (Lipinski definition) is 2. The number of benzene rings is 3. The van der Waals surface area contributed by atoms with Crippen LogP contribution in [0.2, 0.25) is 0 Å². The number of anilines is 2. The minimum Gasteiger partial charge on any atom is -0.494 e. The Labute approximate surface area is 169 Å². The first-order chi connectivity index (χ1) is 14.5. The van der Waals surface area contributed by atoms with Crippen LogP contribution in [0.5, 0.6) is 5.75 Å². The number of nitro benzene ring substituents is 2. The lowest BCUT2D eigenvalue weighted by Gasteiger charge is -2.16. The van der Waals surface area contributed by atoms with Gasteiger partial charge in [0.1, 0.15) is 11.3 Å². The lowest BCUT2D eigenvalue weighted by molar-refractivity contribution is -0.385. The Morgan fingerprint density at radius 3 is 2.23 bits per heavy atom. The van der Waals surface area contributed by atoms with E-state index in [0.29, 0.717) is 33.5 Å². The Morgan fingerprint density at radius 2 is 1.57 bits per heavy atom. The first-order valence-corrected chi connectivity index (χ1v) is 8.79. The number of ether oxygens (including phenoxy) is 1. The van der Waals surface area contributed by atoms with Gasteiger partial charge in [-0.2, -0.15) is 0 Å². The highest BCUT2D eigenvalue weighted by Crippen LogP contribution is 2.36. The fraction of sp³-hybridized carbons (Fsp3) is 0.0500. The number of hydrazine groups is 1. The number of fused-ring (bicyclic) bond motifs is 2. The summed E-state index contributed by atoms with van der Waals surface area (Å²) in [6.45, 7) is 0. The van der Waals surface area contributed by atoms with Crippen LogP contribution in [-0.2, 0) is 0 Å². The summed E-state index contributed by atoms with van der Waals surface area (Å²) in [5.74, 6) is 0.527. The molecule has 0 fully saturated rings. The minimum absolute atomic E-state index is 0.0163. The molecule has 0 aliphatic heterocycles. The lowest BCUT2D eigenvalue weighted by Crippen LogP contribution is -2.10. The molecule has 0 radical (unpaired) electrons. The SMILES string of the molecule is COc1cccc2c(NNc3ccc([N+](=O)[O-])cc3)c3ccc([N+](=O)[O-])cc3nc12. The summed E-state index contributed by atoms with van der Waals surface area (Å²) in [5, 5.41) is 23.4. The third-order valence-corrected chi connectivity index (χ3v) is 4.59. The van der Waals surface area contributed by atoms with Gasteiger partial charge in [0, 0.05) is 35.0 Å². The molecular formula is C20H15N5O5. The second kappa shape index (κ2) is 7.51. The summed E-state index contributed by atoms with van der Waals surface area (Å²) in [4.78, 5) is 25.6. The van der Waals surface area contributed by atoms with Crippen molar-refractivity contribution in [3.05, 3.63) is 80.9 Å². The third kappa shape index (κ3) is 3.37. The molecule has 2 N–H and O–H groups in total. The molecule has 4 aromatic rings. The number of methoxy groups -OCH3 is 1. The van der Waals surface area contributed by atoms with Gasteiger partial charge in [-0.3, -0.25) is 25.7 Å². The van der Waals surface area contributed by atoms with Crippen LogP contribution in [0.15, 0.2) is 60.7 Å². The lowest BCUT2D eigenvalue weighted by atomic mass is 10.1. The van der Waals surface area contributed by atoms with Crippen molar-refractivity contribution in [3.63, 3.8) is 0 Å². The molecule has 150 valence electrons. The molecule has 0 atom stereocenters. The minimum atomic E-state index is -0.476. The number of aromatic nitrogens is 1. The monoisotopic (exact) mass is 405 g/mol. The molecule has 0 spiro atoms. The molecule has 0 aliphatic carbocycles. The van der Waals surface area contributed by atoms with Gasteiger partial charge in [-0.05, 0) is 24.3 Å². The largest absolute Gasteiger partial charge is 0.494 e. The van der Waals surface area contributed by atoms with Crippen LogP contribution in [0.25, 0.3) is 21.8 Å². The molecule has 0 saturated heterocycles. The number of hydrogen-bond acceptors (Lipinski definition) is 8. The molecule has 10 nitrogen and oxygen atoms in total. The van der Waals surface area contributed by atoms with E-state index in [1.165, 1.54) is 31.4 Å². The third-order valence-electron chi connectivity index (χ3n) is 4.59. The molecule has 4 rings (SSSR count). The van der Waals surface area contributed by atoms with Crippen LogP contribution < -0.4 is 15.6 Å². The Bertz CT molecular complexity index is 1290. The molecule has 0 bridgehead atoms. The molecule has 0 aliphatic rings. The highest BCUT2D eigenvalue weighted by atomic mass is 16.6. The fourth-order valence-electron chi connectivity index (χ4n) is 3.14. The highest BCUT2D eigenvalue weighted by Gasteiger charge is 2.15. The van der Waals surface area contributed by atoms with E-state index in [0.717, 1.165) is 5.39 Å². The van der Waals surface area contributed by atoms with Crippen LogP contribution in [0.1, 0.15) is 0 Å². The highest BCUT2D eigenvalue weighted by molar-refractivity contribution is 6.09. The van der Waals surface area contributed by atoms with Gasteiger partial charge in [0.05, 0.1) is 33.8 Å². The molecule has 30 heavy (non-hydrogen) atoms. The van der Waals surface area contributed by atoms with Gasteiger partial charge in [0.2, 0.25) is 0 Å². The van der Waals surface area contributed by atoms with Gasteiger partial charge in [0.25, 0.3) is 11.4 Å². The normalized spacial score (nSPS) is 10.7. The van der Waals surface area contributed by atoms with Gasteiger partial charge in [0.15, 0.2) is 0 Å². The van der Waals surface area contributed by atoms with Gasteiger partial charge in [-0.15, -0.1) is 0 Å². The molecule has 1 heterocycles. The molecule has 0 saturated carbocycles. The smallest absolute Gasteiger partial charge is 0.271 e. The maximum atomic E-state index is 11.2. The average Bonchev–Trinajstić information content (AvgIpc) is 2.76. The number of nitrogens with one attached hydrogen (secondary N) is 2. The molecular weight excluding hydrogens is 390 g/mol. The van der Waals surface area contributed by atoms with Gasteiger partial charge in [-0.1, -0.05) is 12.1 Å². The zero-order valence-corrected chi connectivity index (χ0v) is 15.7. The summed E-state index contributed by atoms with van der Waals surface area (Å²) in [7, 11) is 1.52. The maximum absolute atomic E-state index is 11.2. The molecule has 0 amide bonds. The quantitative estimate of drug-likeness (QED) is 0.269.